The fraction of sp³-hybridized carbons (Fsp3) is 0.750. The Labute approximate surface area is 336 Å². The monoisotopic (exact) mass is 842 g/mol. The quantitative estimate of drug-likeness (QED) is 0.0486. The van der Waals surface area contributed by atoms with E-state index in [0.717, 1.165) is 0 Å². The minimum absolute atomic E-state index is 1.27. The van der Waals surface area contributed by atoms with Crippen LogP contribution in [0.2, 0.25) is 12.1 Å². The van der Waals surface area contributed by atoms with Gasteiger partial charge in [0.1, 0.15) is 8.07 Å². The molecule has 1 aliphatic rings. The van der Waals surface area contributed by atoms with Crippen LogP contribution in [0.25, 0.3) is 11.1 Å². The summed E-state index contributed by atoms with van der Waals surface area (Å²) in [6.45, 7) is 4.63. The summed E-state index contributed by atoms with van der Waals surface area (Å²) >= 11 is 7.78. The van der Waals surface area contributed by atoms with Crippen molar-refractivity contribution in [2.45, 2.75) is 231 Å². The molecule has 0 N–H and O–H groups in total. The van der Waals surface area contributed by atoms with E-state index < -0.39 is 8.07 Å². The van der Waals surface area contributed by atoms with Crippen molar-refractivity contribution in [2.24, 2.45) is 0 Å². The zero-order chi connectivity index (χ0) is 36.2. The number of halogens is 2. The van der Waals surface area contributed by atoms with Gasteiger partial charge in [0.25, 0.3) is 0 Å². The molecule has 2 aromatic carbocycles. The second kappa shape index (κ2) is 29.0. The first kappa shape index (κ1) is 45.0. The van der Waals surface area contributed by atoms with Crippen LogP contribution in [0.5, 0.6) is 0 Å². The summed E-state index contributed by atoms with van der Waals surface area (Å²) in [5, 5.41) is 3.46. The number of rotatable bonds is 34. The molecular weight excluding hydrogens is 764 g/mol. The van der Waals surface area contributed by atoms with E-state index in [1.807, 2.05) is 0 Å². The second-order valence-electron chi connectivity index (χ2n) is 16.6. The zero-order valence-electron chi connectivity index (χ0n) is 33.8. The van der Waals surface area contributed by atoms with Gasteiger partial charge in [-0.05, 0) is 57.9 Å². The van der Waals surface area contributed by atoms with E-state index in [0.29, 0.717) is 0 Å². The van der Waals surface area contributed by atoms with Crippen LogP contribution in [0, 0.1) is 0 Å². The van der Waals surface area contributed by atoms with E-state index in [-0.39, 0.29) is 0 Å². The summed E-state index contributed by atoms with van der Waals surface area (Å²) in [5.74, 6) is 0. The molecule has 0 fully saturated rings. The predicted molar refractivity (Wildman–Crippen MR) is 241 cm³/mol. The summed E-state index contributed by atoms with van der Waals surface area (Å²) in [7, 11) is -1.81. The molecular formula is C48H80Br2Si. The van der Waals surface area contributed by atoms with E-state index >= 15 is 0 Å². The zero-order valence-corrected chi connectivity index (χ0v) is 37.9. The van der Waals surface area contributed by atoms with Crippen molar-refractivity contribution in [1.82, 2.24) is 0 Å². The number of hydrogen-bond donors (Lipinski definition) is 0. The minimum Gasteiger partial charge on any atom is -0.0654 e. The Morgan fingerprint density at radius 3 is 0.824 bits per heavy atom. The molecule has 2 aromatic rings. The van der Waals surface area contributed by atoms with Crippen molar-refractivity contribution < 1.29 is 0 Å². The first-order valence-electron chi connectivity index (χ1n) is 22.7. The molecule has 290 valence electrons. The Kier molecular flexibility index (Phi) is 25.6. The maximum Gasteiger partial charge on any atom is 0.119 e. The van der Waals surface area contributed by atoms with Crippen LogP contribution in [0.15, 0.2) is 45.3 Å². The lowest BCUT2D eigenvalue weighted by Crippen LogP contribution is -2.55. The molecule has 1 aliphatic heterocycles. The standard InChI is InChI=1S/C48H80Br2Si/c1-3-5-7-9-11-13-15-17-19-21-23-25-27-29-31-33-39-51(47-41-43(49)35-37-45(47)46-38-36-44(50)42-48(46)51)40-34-32-30-28-26-24-22-20-18-16-14-12-10-8-6-4-2/h35-38,41-42H,3-34,39-40H2,1-2H3. The number of unbranched alkanes of at least 4 members (excludes halogenated alkanes) is 30. The Bertz CT molecular complexity index is 1050. The lowest BCUT2D eigenvalue weighted by molar-refractivity contribution is 0.530. The van der Waals surface area contributed by atoms with Crippen LogP contribution in [-0.2, 0) is 0 Å². The molecule has 0 saturated carbocycles. The number of fused-ring (bicyclic) bond motifs is 3. The molecule has 3 rings (SSSR count). The summed E-state index contributed by atoms with van der Waals surface area (Å²) in [4.78, 5) is 0. The van der Waals surface area contributed by atoms with Crippen LogP contribution in [-0.4, -0.2) is 8.07 Å². The van der Waals surface area contributed by atoms with Gasteiger partial charge in [0.15, 0.2) is 0 Å². The molecule has 0 radical (unpaired) electrons. The van der Waals surface area contributed by atoms with Crippen molar-refractivity contribution in [2.75, 3.05) is 0 Å². The average Bonchev–Trinajstić information content (AvgIpc) is 3.38. The maximum absolute atomic E-state index is 3.89. The summed E-state index contributed by atoms with van der Waals surface area (Å²) in [5.41, 5.74) is 3.08. The third kappa shape index (κ3) is 17.7. The van der Waals surface area contributed by atoms with Crippen LogP contribution >= 0.6 is 31.9 Å². The molecule has 0 aromatic heterocycles. The van der Waals surface area contributed by atoms with Gasteiger partial charge in [-0.15, -0.1) is 0 Å². The normalized spacial score (nSPS) is 13.2. The van der Waals surface area contributed by atoms with E-state index in [9.17, 15) is 0 Å². The smallest absolute Gasteiger partial charge is 0.0654 e. The minimum atomic E-state index is -1.81. The fourth-order valence-corrected chi connectivity index (χ4v) is 15.9. The van der Waals surface area contributed by atoms with Gasteiger partial charge in [0.2, 0.25) is 0 Å². The van der Waals surface area contributed by atoms with Crippen LogP contribution in [0.1, 0.15) is 219 Å². The first-order valence-corrected chi connectivity index (χ1v) is 26.7. The Morgan fingerprint density at radius 1 is 0.333 bits per heavy atom. The van der Waals surface area contributed by atoms with Crippen LogP contribution in [0.4, 0.5) is 0 Å². The molecule has 3 heteroatoms. The topological polar surface area (TPSA) is 0 Å². The lowest BCUT2D eigenvalue weighted by atomic mass is 10.0. The molecule has 0 bridgehead atoms. The Morgan fingerprint density at radius 2 is 0.569 bits per heavy atom. The van der Waals surface area contributed by atoms with Crippen LogP contribution < -0.4 is 10.4 Å². The van der Waals surface area contributed by atoms with Crippen molar-refractivity contribution in [3.05, 3.63) is 45.3 Å². The summed E-state index contributed by atoms with van der Waals surface area (Å²) in [6.07, 6.45) is 46.2. The highest BCUT2D eigenvalue weighted by Gasteiger charge is 2.44. The van der Waals surface area contributed by atoms with E-state index in [2.05, 4.69) is 82.1 Å². The molecule has 1 heterocycles. The number of hydrogen-bond acceptors (Lipinski definition) is 0. The fourth-order valence-electron chi connectivity index (χ4n) is 9.05. The highest BCUT2D eigenvalue weighted by Crippen LogP contribution is 2.37. The molecule has 0 atom stereocenters. The molecule has 0 nitrogen and oxygen atoms in total. The molecule has 51 heavy (non-hydrogen) atoms. The van der Waals surface area contributed by atoms with E-state index in [1.165, 1.54) is 226 Å². The Balaban J connectivity index is 1.36. The molecule has 0 amide bonds. The average molecular weight is 845 g/mol. The van der Waals surface area contributed by atoms with Gasteiger partial charge in [-0.2, -0.15) is 0 Å². The Hall–Kier alpha value is -0.383. The van der Waals surface area contributed by atoms with Gasteiger partial charge >= 0.3 is 0 Å². The molecule has 0 spiro atoms. The van der Waals surface area contributed by atoms with Gasteiger partial charge in [-0.3, -0.25) is 0 Å². The van der Waals surface area contributed by atoms with E-state index in [1.54, 1.807) is 21.5 Å². The third-order valence-corrected chi connectivity index (χ3v) is 18.5. The van der Waals surface area contributed by atoms with E-state index in [4.69, 9.17) is 0 Å². The van der Waals surface area contributed by atoms with Crippen LogP contribution in [0.3, 0.4) is 0 Å². The van der Waals surface area contributed by atoms with Crippen molar-refractivity contribution in [1.29, 1.82) is 0 Å². The van der Waals surface area contributed by atoms with Crippen molar-refractivity contribution >= 4 is 50.3 Å². The highest BCUT2D eigenvalue weighted by molar-refractivity contribution is 9.10. The van der Waals surface area contributed by atoms with Gasteiger partial charge in [0, 0.05) is 8.95 Å². The highest BCUT2D eigenvalue weighted by atomic mass is 79.9. The lowest BCUT2D eigenvalue weighted by Gasteiger charge is -2.30. The second-order valence-corrected chi connectivity index (χ2v) is 22.6. The largest absolute Gasteiger partial charge is 0.119 e. The predicted octanol–water partition coefficient (Wildman–Crippen LogP) is 17.3. The molecule has 0 aliphatic carbocycles. The first-order chi connectivity index (χ1) is 25.1. The number of benzene rings is 2. The van der Waals surface area contributed by atoms with Gasteiger partial charge in [-0.25, -0.2) is 0 Å². The maximum atomic E-state index is 3.89. The van der Waals surface area contributed by atoms with Crippen molar-refractivity contribution in [3.63, 3.8) is 0 Å². The van der Waals surface area contributed by atoms with Crippen molar-refractivity contribution in [3.8, 4) is 11.1 Å². The summed E-state index contributed by atoms with van der Waals surface area (Å²) < 4.78 is 2.54. The molecule has 0 saturated heterocycles. The molecule has 0 unspecified atom stereocenters. The van der Waals surface area contributed by atoms with Gasteiger partial charge in [0.05, 0.1) is 0 Å². The third-order valence-electron chi connectivity index (χ3n) is 12.2. The van der Waals surface area contributed by atoms with Gasteiger partial charge < -0.3 is 0 Å². The summed E-state index contributed by atoms with van der Waals surface area (Å²) in [6, 6.07) is 17.3. The SMILES string of the molecule is CCCCCCCCCCCCCCCCCC[Si]1(CCCCCCCCCCCCCCCCCC)c2cc(Br)ccc2-c2ccc(Br)cc21. The van der Waals surface area contributed by atoms with Gasteiger partial charge in [-0.1, -0.05) is 263 Å².